The highest BCUT2D eigenvalue weighted by Gasteiger charge is 2.32. The Labute approximate surface area is 207 Å². The summed E-state index contributed by atoms with van der Waals surface area (Å²) in [6.07, 6.45) is -1.27. The van der Waals surface area contributed by atoms with Crippen molar-refractivity contribution in [3.05, 3.63) is 53.6 Å². The van der Waals surface area contributed by atoms with Crippen molar-refractivity contribution in [3.63, 3.8) is 0 Å². The van der Waals surface area contributed by atoms with Crippen molar-refractivity contribution in [3.8, 4) is 11.5 Å². The Kier molecular flexibility index (Phi) is 9.96. The summed E-state index contributed by atoms with van der Waals surface area (Å²) >= 11 is 0. The third-order valence-corrected chi connectivity index (χ3v) is 6.29. The summed E-state index contributed by atoms with van der Waals surface area (Å²) in [5, 5.41) is 10.9. The highest BCUT2D eigenvalue weighted by molar-refractivity contribution is 7.87. The lowest BCUT2D eigenvalue weighted by Crippen LogP contribution is -2.34. The number of carboxylic acid groups (broad SMARTS) is 1. The normalized spacial score (nSPS) is 14.8. The van der Waals surface area contributed by atoms with Crippen molar-refractivity contribution in [2.75, 3.05) is 19.7 Å². The summed E-state index contributed by atoms with van der Waals surface area (Å²) < 4.78 is 74.8. The van der Waals surface area contributed by atoms with Gasteiger partial charge in [0.25, 0.3) is 5.97 Å². The molecule has 0 bridgehead atoms. The van der Waals surface area contributed by atoms with Gasteiger partial charge in [-0.05, 0) is 61.6 Å². The number of aryl methyl sites for hydroxylation is 1. The number of piperidine rings is 1. The molecule has 0 aliphatic carbocycles. The van der Waals surface area contributed by atoms with Gasteiger partial charge in [-0.1, -0.05) is 6.07 Å². The molecule has 0 amide bonds. The maximum absolute atomic E-state index is 12.9. The highest BCUT2D eigenvalue weighted by atomic mass is 32.2. The van der Waals surface area contributed by atoms with Crippen LogP contribution in [0.4, 0.5) is 13.2 Å². The molecule has 1 aliphatic heterocycles. The molecule has 0 aromatic heterocycles. The molecule has 0 saturated carbocycles. The van der Waals surface area contributed by atoms with Crippen molar-refractivity contribution >= 4 is 22.4 Å². The molecule has 13 heteroatoms. The van der Waals surface area contributed by atoms with Crippen LogP contribution in [0.3, 0.4) is 0 Å². The van der Waals surface area contributed by atoms with E-state index >= 15 is 0 Å². The van der Waals surface area contributed by atoms with Crippen molar-refractivity contribution in [2.24, 2.45) is 16.9 Å². The van der Waals surface area contributed by atoms with E-state index < -0.39 is 32.7 Å². The minimum absolute atomic E-state index is 0.0358. The Hall–Kier alpha value is -3.48. The highest BCUT2D eigenvalue weighted by Crippen LogP contribution is 2.32. The van der Waals surface area contributed by atoms with Gasteiger partial charge in [0.15, 0.2) is 0 Å². The van der Waals surface area contributed by atoms with Gasteiger partial charge in [0, 0.05) is 26.1 Å². The van der Waals surface area contributed by atoms with E-state index in [1.165, 1.54) is 12.1 Å². The molecule has 0 radical (unpaired) electrons. The van der Waals surface area contributed by atoms with Crippen molar-refractivity contribution in [1.29, 1.82) is 0 Å². The monoisotopic (exact) mass is 531 g/mol. The molecule has 1 saturated heterocycles. The smallest absolute Gasteiger partial charge is 0.416 e. The lowest BCUT2D eigenvalue weighted by Gasteiger charge is -2.30. The number of carbonyl (C=O) groups is 1. The zero-order chi connectivity index (χ0) is 26.9. The number of hydrazone groups is 1. The molecular weight excluding hydrogens is 503 g/mol. The molecule has 198 valence electrons. The first-order valence-electron chi connectivity index (χ1n) is 10.8. The van der Waals surface area contributed by atoms with Crippen LogP contribution < -0.4 is 14.8 Å². The molecule has 2 aromatic carbocycles. The summed E-state index contributed by atoms with van der Waals surface area (Å²) in [7, 11) is -4.46. The predicted molar refractivity (Wildman–Crippen MR) is 126 cm³/mol. The number of aliphatic carboxylic acids is 1. The number of likely N-dealkylation sites (tertiary alicyclic amines) is 1. The van der Waals surface area contributed by atoms with E-state index in [9.17, 15) is 21.6 Å². The van der Waals surface area contributed by atoms with Crippen LogP contribution in [0.2, 0.25) is 0 Å². The third kappa shape index (κ3) is 9.29. The Morgan fingerprint density at radius 1 is 1.19 bits per heavy atom. The van der Waals surface area contributed by atoms with Crippen LogP contribution >= 0.6 is 0 Å². The van der Waals surface area contributed by atoms with Gasteiger partial charge in [-0.15, -0.1) is 0 Å². The minimum atomic E-state index is -4.66. The number of ether oxygens (including phenoxy) is 1. The van der Waals surface area contributed by atoms with Crippen LogP contribution in [0.15, 0.2) is 52.5 Å². The zero-order valence-electron chi connectivity index (χ0n) is 19.7. The Morgan fingerprint density at radius 2 is 1.81 bits per heavy atom. The van der Waals surface area contributed by atoms with Gasteiger partial charge >= 0.3 is 16.3 Å². The van der Waals surface area contributed by atoms with Crippen LogP contribution in [0.5, 0.6) is 11.5 Å². The van der Waals surface area contributed by atoms with Gasteiger partial charge < -0.3 is 24.8 Å². The average molecular weight is 532 g/mol. The lowest BCUT2D eigenvalue weighted by atomic mass is 9.98. The van der Waals surface area contributed by atoms with E-state index in [-0.39, 0.29) is 5.75 Å². The van der Waals surface area contributed by atoms with Crippen molar-refractivity contribution in [1.82, 2.24) is 4.90 Å². The molecule has 1 aliphatic rings. The van der Waals surface area contributed by atoms with Crippen LogP contribution in [0.25, 0.3) is 0 Å². The summed E-state index contributed by atoms with van der Waals surface area (Å²) in [4.78, 5) is 10.4. The number of nitrogens with zero attached hydrogens (tertiary/aromatic N) is 2. The number of halogens is 3. The molecule has 0 atom stereocenters. The van der Waals surface area contributed by atoms with E-state index in [1.54, 1.807) is 19.3 Å². The Bertz CT molecular complexity index is 1160. The molecule has 9 nitrogen and oxygen atoms in total. The van der Waals surface area contributed by atoms with Crippen molar-refractivity contribution < 1.29 is 40.4 Å². The van der Waals surface area contributed by atoms with E-state index in [0.29, 0.717) is 29.9 Å². The number of hydrogen-bond donors (Lipinski definition) is 2. The van der Waals surface area contributed by atoms with Crippen LogP contribution in [-0.4, -0.2) is 50.4 Å². The van der Waals surface area contributed by atoms with E-state index in [4.69, 9.17) is 24.7 Å². The van der Waals surface area contributed by atoms with Gasteiger partial charge in [0.2, 0.25) is 0 Å². The van der Waals surface area contributed by atoms with Crippen molar-refractivity contribution in [2.45, 2.75) is 37.8 Å². The Balaban J connectivity index is 0.00000106. The fourth-order valence-corrected chi connectivity index (χ4v) is 4.35. The summed E-state index contributed by atoms with van der Waals surface area (Å²) in [5.74, 6) is 5.03. The number of hydrogen-bond acceptors (Lipinski definition) is 7. The second-order valence-electron chi connectivity index (χ2n) is 8.12. The largest absolute Gasteiger partial charge is 0.493 e. The molecule has 36 heavy (non-hydrogen) atoms. The first-order chi connectivity index (χ1) is 16.8. The lowest BCUT2D eigenvalue weighted by molar-refractivity contribution is -0.138. The molecule has 0 unspecified atom stereocenters. The second-order valence-corrected chi connectivity index (χ2v) is 9.67. The van der Waals surface area contributed by atoms with Gasteiger partial charge in [-0.2, -0.15) is 26.7 Å². The number of carboxylic acids is 1. The fourth-order valence-electron chi connectivity index (χ4n) is 3.39. The maximum Gasteiger partial charge on any atom is 0.416 e. The molecule has 3 rings (SSSR count). The fraction of sp³-hybridized carbons (Fsp3) is 0.391. The standard InChI is InChI=1S/C21H24F3N3O4S.C2H4O2/c1-15-9-18(30-13-16-5-7-27(8-6-16)14-26-25)12-19(10-15)31-32(28,29)20-4-2-3-17(11-20)21(22,23)24;1-2(3)4/h2-4,9-12,14,16H,5-8,13,25H2,1H3;1H3,(H,3,4). The van der Waals surface area contributed by atoms with Gasteiger partial charge in [-0.25, -0.2) is 0 Å². The molecule has 3 N–H and O–H groups in total. The number of benzene rings is 2. The first kappa shape index (κ1) is 28.8. The third-order valence-electron chi connectivity index (χ3n) is 5.05. The molecule has 1 fully saturated rings. The minimum Gasteiger partial charge on any atom is -0.493 e. The van der Waals surface area contributed by atoms with E-state index in [2.05, 4.69) is 5.10 Å². The predicted octanol–water partition coefficient (Wildman–Crippen LogP) is 3.87. The summed E-state index contributed by atoms with van der Waals surface area (Å²) in [6, 6.07) is 8.04. The molecule has 0 spiro atoms. The molecule has 2 aromatic rings. The quantitative estimate of drug-likeness (QED) is 0.181. The number of rotatable bonds is 7. The van der Waals surface area contributed by atoms with Crippen LogP contribution in [0.1, 0.15) is 30.9 Å². The SMILES string of the molecule is CC(=O)O.Cc1cc(OCC2CCN(C=NN)CC2)cc(OS(=O)(=O)c2cccc(C(F)(F)F)c2)c1. The second kappa shape index (κ2) is 12.5. The number of alkyl halides is 3. The van der Waals surface area contributed by atoms with Crippen LogP contribution in [-0.2, 0) is 21.1 Å². The van der Waals surface area contributed by atoms with Gasteiger partial charge in [-0.3, -0.25) is 4.79 Å². The number of nitrogens with two attached hydrogens (primary N) is 1. The zero-order valence-corrected chi connectivity index (χ0v) is 20.6. The molecule has 1 heterocycles. The van der Waals surface area contributed by atoms with Gasteiger partial charge in [0.05, 0.1) is 12.2 Å². The topological polar surface area (TPSA) is 132 Å². The van der Waals surface area contributed by atoms with Gasteiger partial charge in [0.1, 0.15) is 22.7 Å². The van der Waals surface area contributed by atoms with E-state index in [0.717, 1.165) is 51.1 Å². The van der Waals surface area contributed by atoms with Crippen LogP contribution in [0, 0.1) is 12.8 Å². The first-order valence-corrected chi connectivity index (χ1v) is 12.2. The molecular formula is C23H28F3N3O6S. The average Bonchev–Trinajstić information content (AvgIpc) is 2.77. The maximum atomic E-state index is 12.9. The Morgan fingerprint density at radius 3 is 2.39 bits per heavy atom. The summed E-state index contributed by atoms with van der Waals surface area (Å²) in [5.41, 5.74) is -0.384. The summed E-state index contributed by atoms with van der Waals surface area (Å²) in [6.45, 7) is 4.89. The van der Waals surface area contributed by atoms with E-state index in [1.807, 2.05) is 4.90 Å².